The van der Waals surface area contributed by atoms with Gasteiger partial charge < -0.3 is 9.80 Å². The minimum atomic E-state index is -3.56. The molecule has 0 atom stereocenters. The number of pyridine rings is 1. The third-order valence-corrected chi connectivity index (χ3v) is 8.25. The average Bonchev–Trinajstić information content (AvgIpc) is 2.84. The summed E-state index contributed by atoms with van der Waals surface area (Å²) in [6.07, 6.45) is 4.01. The van der Waals surface area contributed by atoms with Crippen molar-refractivity contribution in [3.05, 3.63) is 42.1 Å². The molecule has 0 aliphatic carbocycles. The zero-order valence-corrected chi connectivity index (χ0v) is 20.3. The third kappa shape index (κ3) is 5.16. The maximum atomic E-state index is 13.1. The largest absolute Gasteiger partial charge is 0.353 e. The lowest BCUT2D eigenvalue weighted by Crippen LogP contribution is -2.52. The van der Waals surface area contributed by atoms with E-state index in [1.54, 1.807) is 18.3 Å². The van der Waals surface area contributed by atoms with E-state index in [1.165, 1.54) is 10.5 Å². The molecule has 2 fully saturated rings. The molecule has 2 aromatic heterocycles. The van der Waals surface area contributed by atoms with Crippen molar-refractivity contribution in [3.63, 3.8) is 0 Å². The molecule has 4 heterocycles. The molecule has 0 N–H and O–H groups in total. The number of hydrogen-bond donors (Lipinski definition) is 0. The van der Waals surface area contributed by atoms with Crippen LogP contribution in [0.3, 0.4) is 0 Å². The highest BCUT2D eigenvalue weighted by Crippen LogP contribution is 2.26. The van der Waals surface area contributed by atoms with E-state index in [2.05, 4.69) is 28.7 Å². The molecule has 0 bridgehead atoms. The Bertz CT molecular complexity index is 1080. The van der Waals surface area contributed by atoms with E-state index in [0.717, 1.165) is 30.4 Å². The van der Waals surface area contributed by atoms with Gasteiger partial charge in [-0.05, 0) is 31.9 Å². The van der Waals surface area contributed by atoms with Crippen molar-refractivity contribution >= 4 is 21.7 Å². The number of anilines is 1. The number of aromatic nitrogens is 3. The van der Waals surface area contributed by atoms with Crippen LogP contribution in [0, 0.1) is 12.8 Å². The quantitative estimate of drug-likeness (QED) is 0.657. The molecule has 2 saturated heterocycles. The van der Waals surface area contributed by atoms with Gasteiger partial charge in [-0.1, -0.05) is 13.8 Å². The number of carbonyl (C=O) groups excluding carboxylic acids is 1. The van der Waals surface area contributed by atoms with E-state index in [1.807, 2.05) is 17.9 Å². The zero-order chi connectivity index (χ0) is 23.6. The van der Waals surface area contributed by atoms with Crippen molar-refractivity contribution in [3.8, 4) is 0 Å². The van der Waals surface area contributed by atoms with E-state index in [9.17, 15) is 13.2 Å². The summed E-state index contributed by atoms with van der Waals surface area (Å²) in [5.41, 5.74) is 0.954. The third-order valence-electron chi connectivity index (χ3n) is 6.37. The van der Waals surface area contributed by atoms with Gasteiger partial charge >= 0.3 is 0 Å². The van der Waals surface area contributed by atoms with Crippen LogP contribution in [0.25, 0.3) is 0 Å². The first-order valence-electron chi connectivity index (χ1n) is 11.5. The lowest BCUT2D eigenvalue weighted by Gasteiger charge is -2.38. The number of piperidine rings is 1. The summed E-state index contributed by atoms with van der Waals surface area (Å²) in [6, 6.07) is 5.18. The SMILES string of the molecule is Cc1cc(N2CCN(C(=O)C3CCN(S(=O)(=O)c4cccnc4)CC3)CC2)nc(C(C)C)n1. The maximum absolute atomic E-state index is 13.1. The molecule has 1 amide bonds. The number of aryl methyl sites for hydroxylation is 1. The van der Waals surface area contributed by atoms with E-state index >= 15 is 0 Å². The molecule has 2 aliphatic rings. The second kappa shape index (κ2) is 9.72. The standard InChI is InChI=1S/C23H32N6O3S/c1-17(2)22-25-18(3)15-21(26-22)27-11-13-28(14-12-27)23(30)19-6-9-29(10-7-19)33(31,32)20-5-4-8-24-16-20/h4-5,8,15-17,19H,6-7,9-14H2,1-3H3. The van der Waals surface area contributed by atoms with Crippen LogP contribution in [-0.2, 0) is 14.8 Å². The van der Waals surface area contributed by atoms with Crippen molar-refractivity contribution in [2.24, 2.45) is 5.92 Å². The second-order valence-corrected chi connectivity index (χ2v) is 11.0. The zero-order valence-electron chi connectivity index (χ0n) is 19.5. The Balaban J connectivity index is 1.32. The lowest BCUT2D eigenvalue weighted by atomic mass is 9.96. The summed E-state index contributed by atoms with van der Waals surface area (Å²) in [6.45, 7) is 9.61. The molecule has 33 heavy (non-hydrogen) atoms. The van der Waals surface area contributed by atoms with Gasteiger partial charge in [-0.15, -0.1) is 0 Å². The highest BCUT2D eigenvalue weighted by molar-refractivity contribution is 7.89. The number of hydrogen-bond acceptors (Lipinski definition) is 7. The number of amides is 1. The number of rotatable bonds is 5. The first-order chi connectivity index (χ1) is 15.8. The molecule has 4 rings (SSSR count). The van der Waals surface area contributed by atoms with Crippen LogP contribution in [0.5, 0.6) is 0 Å². The Kier molecular flexibility index (Phi) is 6.94. The first kappa shape index (κ1) is 23.6. The Hall–Kier alpha value is -2.59. The van der Waals surface area contributed by atoms with Crippen LogP contribution < -0.4 is 4.90 Å². The molecule has 178 valence electrons. The fourth-order valence-corrected chi connectivity index (χ4v) is 5.83. The monoisotopic (exact) mass is 472 g/mol. The van der Waals surface area contributed by atoms with Gasteiger partial charge in [0.25, 0.3) is 0 Å². The van der Waals surface area contributed by atoms with E-state index in [4.69, 9.17) is 4.98 Å². The van der Waals surface area contributed by atoms with E-state index < -0.39 is 10.0 Å². The topological polar surface area (TPSA) is 99.6 Å². The van der Waals surface area contributed by atoms with Crippen LogP contribution in [0.2, 0.25) is 0 Å². The predicted octanol–water partition coefficient (Wildman–Crippen LogP) is 2.05. The van der Waals surface area contributed by atoms with Crippen molar-refractivity contribution < 1.29 is 13.2 Å². The van der Waals surface area contributed by atoms with Crippen LogP contribution in [-0.4, -0.2) is 77.8 Å². The molecule has 0 spiro atoms. The lowest BCUT2D eigenvalue weighted by molar-refractivity contribution is -0.137. The molecule has 0 aromatic carbocycles. The first-order valence-corrected chi connectivity index (χ1v) is 13.0. The Labute approximate surface area is 195 Å². The average molecular weight is 473 g/mol. The maximum Gasteiger partial charge on any atom is 0.244 e. The number of sulfonamides is 1. The molecule has 9 nitrogen and oxygen atoms in total. The van der Waals surface area contributed by atoms with E-state index in [-0.39, 0.29) is 22.6 Å². The molecule has 10 heteroatoms. The summed E-state index contributed by atoms with van der Waals surface area (Å²) >= 11 is 0. The van der Waals surface area contributed by atoms with Crippen LogP contribution in [0.1, 0.15) is 44.1 Å². The predicted molar refractivity (Wildman–Crippen MR) is 125 cm³/mol. The molecule has 2 aliphatic heterocycles. The summed E-state index contributed by atoms with van der Waals surface area (Å²) in [5.74, 6) is 2.03. The molecule has 0 unspecified atom stereocenters. The Morgan fingerprint density at radius 3 is 2.36 bits per heavy atom. The molecular formula is C23H32N6O3S. The molecule has 0 radical (unpaired) electrons. The number of piperazine rings is 1. The van der Waals surface area contributed by atoms with Gasteiger partial charge in [0, 0.05) is 75.3 Å². The van der Waals surface area contributed by atoms with Gasteiger partial charge in [-0.25, -0.2) is 18.4 Å². The van der Waals surface area contributed by atoms with Gasteiger partial charge in [0.2, 0.25) is 15.9 Å². The van der Waals surface area contributed by atoms with Crippen molar-refractivity contribution in [1.29, 1.82) is 0 Å². The number of nitrogens with zero attached hydrogens (tertiary/aromatic N) is 6. The van der Waals surface area contributed by atoms with Gasteiger partial charge in [0.05, 0.1) is 0 Å². The second-order valence-electron chi connectivity index (χ2n) is 9.06. The van der Waals surface area contributed by atoms with Crippen molar-refractivity contribution in [2.45, 2.75) is 44.4 Å². The highest BCUT2D eigenvalue weighted by atomic mass is 32.2. The van der Waals surface area contributed by atoms with Gasteiger partial charge in [-0.3, -0.25) is 9.78 Å². The van der Waals surface area contributed by atoms with E-state index in [0.29, 0.717) is 39.0 Å². The van der Waals surface area contributed by atoms with Crippen molar-refractivity contribution in [2.75, 3.05) is 44.2 Å². The fourth-order valence-electron chi connectivity index (χ4n) is 4.40. The Morgan fingerprint density at radius 1 is 1.06 bits per heavy atom. The molecule has 2 aromatic rings. The molecular weight excluding hydrogens is 440 g/mol. The molecule has 0 saturated carbocycles. The van der Waals surface area contributed by atoms with Gasteiger partial charge in [0.1, 0.15) is 16.5 Å². The minimum absolute atomic E-state index is 0.134. The summed E-state index contributed by atoms with van der Waals surface area (Å²) < 4.78 is 27.1. The summed E-state index contributed by atoms with van der Waals surface area (Å²) in [4.78, 5) is 30.6. The van der Waals surface area contributed by atoms with Gasteiger partial charge in [-0.2, -0.15) is 4.31 Å². The summed E-state index contributed by atoms with van der Waals surface area (Å²) in [7, 11) is -3.56. The highest BCUT2D eigenvalue weighted by Gasteiger charge is 2.35. The van der Waals surface area contributed by atoms with Gasteiger partial charge in [0.15, 0.2) is 0 Å². The van der Waals surface area contributed by atoms with Crippen LogP contribution in [0.4, 0.5) is 5.82 Å². The normalized spacial score (nSPS) is 18.7. The fraction of sp³-hybridized carbons (Fsp3) is 0.565. The smallest absolute Gasteiger partial charge is 0.244 e. The minimum Gasteiger partial charge on any atom is -0.353 e. The number of carbonyl (C=O) groups is 1. The summed E-state index contributed by atoms with van der Waals surface area (Å²) in [5, 5.41) is 0. The van der Waals surface area contributed by atoms with Crippen LogP contribution in [0.15, 0.2) is 35.5 Å². The Morgan fingerprint density at radius 2 is 1.76 bits per heavy atom. The van der Waals surface area contributed by atoms with Crippen LogP contribution >= 0.6 is 0 Å². The van der Waals surface area contributed by atoms with Crippen molar-refractivity contribution in [1.82, 2.24) is 24.2 Å².